The van der Waals surface area contributed by atoms with Gasteiger partial charge in [0.15, 0.2) is 24.3 Å². The van der Waals surface area contributed by atoms with Gasteiger partial charge in [-0.3, -0.25) is 28.7 Å². The summed E-state index contributed by atoms with van der Waals surface area (Å²) in [6.07, 6.45) is -6.40. The zero-order chi connectivity index (χ0) is 28.9. The van der Waals surface area contributed by atoms with Gasteiger partial charge in [0, 0.05) is 24.5 Å². The number of rotatable bonds is 4. The Morgan fingerprint density at radius 2 is 1.26 bits per heavy atom. The number of nitrogens with zero attached hydrogens (tertiary/aromatic N) is 2. The summed E-state index contributed by atoms with van der Waals surface area (Å²) in [6, 6.07) is 2.08. The Balaban J connectivity index is 0.000000396. The summed E-state index contributed by atoms with van der Waals surface area (Å²) in [5.74, 6) is -6.42. The van der Waals surface area contributed by atoms with E-state index in [1.165, 1.54) is 6.20 Å². The van der Waals surface area contributed by atoms with Crippen LogP contribution in [0.5, 0.6) is 0 Å². The summed E-state index contributed by atoms with van der Waals surface area (Å²) in [4.78, 5) is 49.1. The van der Waals surface area contributed by atoms with Gasteiger partial charge in [0.05, 0.1) is 0 Å². The summed E-state index contributed by atoms with van der Waals surface area (Å²) in [5, 5.41) is 37.0. The molecule has 3 aliphatic rings. The van der Waals surface area contributed by atoms with E-state index in [2.05, 4.69) is 9.72 Å². The van der Waals surface area contributed by atoms with E-state index >= 15 is 0 Å². The van der Waals surface area contributed by atoms with E-state index in [-0.39, 0.29) is 28.3 Å². The first kappa shape index (κ1) is 37.3. The third kappa shape index (κ3) is 6.74. The zero-order valence-corrected chi connectivity index (χ0v) is 21.7. The fraction of sp³-hybridized carbons (Fsp3) is 0.652. The highest BCUT2D eigenvalue weighted by Crippen LogP contribution is 2.48. The third-order valence-electron chi connectivity index (χ3n) is 6.21. The molecule has 19 heteroatoms. The summed E-state index contributed by atoms with van der Waals surface area (Å²) >= 11 is 0. The molecule has 0 radical (unpaired) electrons. The first-order chi connectivity index (χ1) is 18.1. The lowest BCUT2D eigenvalue weighted by Gasteiger charge is -2.27. The van der Waals surface area contributed by atoms with E-state index in [0.29, 0.717) is 4.57 Å². The zero-order valence-electron chi connectivity index (χ0n) is 20.8. The van der Waals surface area contributed by atoms with Crippen LogP contribution in [-0.4, -0.2) is 94.7 Å². The van der Waals surface area contributed by atoms with Crippen molar-refractivity contribution in [3.63, 3.8) is 0 Å². The predicted molar refractivity (Wildman–Crippen MR) is 143 cm³/mol. The number of aliphatic hydroxyl groups is 4. The average molecular weight is 630 g/mol. The molecule has 0 spiro atoms. The number of halogens is 2. The quantitative estimate of drug-likeness (QED) is 0.155. The van der Waals surface area contributed by atoms with Crippen LogP contribution in [0.2, 0.25) is 0 Å². The van der Waals surface area contributed by atoms with E-state index in [1.54, 1.807) is 13.8 Å². The van der Waals surface area contributed by atoms with Gasteiger partial charge in [0.2, 0.25) is 0 Å². The Labute approximate surface area is 243 Å². The fourth-order valence-electron chi connectivity index (χ4n) is 4.37. The fourth-order valence-corrected chi connectivity index (χ4v) is 4.37. The van der Waals surface area contributed by atoms with Gasteiger partial charge >= 0.3 is 11.4 Å². The van der Waals surface area contributed by atoms with Gasteiger partial charge < -0.3 is 52.9 Å². The second kappa shape index (κ2) is 13.3. The molecule has 5 rings (SSSR count). The van der Waals surface area contributed by atoms with E-state index in [4.69, 9.17) is 19.3 Å². The van der Waals surface area contributed by atoms with Crippen molar-refractivity contribution >= 4 is 13.5 Å². The number of fused-ring (bicyclic) bond motifs is 1. The Bertz CT molecular complexity index is 1450. The molecule has 0 aliphatic carbocycles. The number of nitrogens with one attached hydrogen (secondary N) is 2. The first-order valence-electron chi connectivity index (χ1n) is 11.4. The van der Waals surface area contributed by atoms with Crippen LogP contribution in [0.25, 0.3) is 0 Å². The van der Waals surface area contributed by atoms with Crippen LogP contribution in [0.4, 0.5) is 8.78 Å². The van der Waals surface area contributed by atoms with Crippen LogP contribution in [0, 0.1) is 0 Å². The van der Waals surface area contributed by atoms with Gasteiger partial charge in [0.25, 0.3) is 22.8 Å². The summed E-state index contributed by atoms with van der Waals surface area (Å²) in [6.45, 7) is 1.06. The SMILES string of the molecule is C.C.CC1(C)OC2[C@H](O1)[C@H](n1ccc(=O)[nH]c1=O)O[C@]2(F)CO.O=c1ccn([C@@H]2O[C@](F)(CO)C(O)[C@@H]2O)c(=O)[nH]1.[SH-]. The minimum atomic E-state index is -2.86. The topological polar surface area (TPSA) is 228 Å². The van der Waals surface area contributed by atoms with Crippen molar-refractivity contribution in [3.05, 3.63) is 66.2 Å². The van der Waals surface area contributed by atoms with Crippen molar-refractivity contribution in [2.45, 2.75) is 83.1 Å². The van der Waals surface area contributed by atoms with Crippen molar-refractivity contribution in [1.82, 2.24) is 19.1 Å². The number of hydrogen-bond acceptors (Lipinski definition) is 13. The molecule has 3 saturated heterocycles. The largest absolute Gasteiger partial charge is 0.813 e. The Kier molecular flexibility index (Phi) is 11.8. The normalized spacial score (nSPS) is 34.2. The number of aromatic amines is 2. The molecule has 0 bridgehead atoms. The number of ether oxygens (including phenoxy) is 4. The number of hydrogen-bond donors (Lipinski definition) is 6. The van der Waals surface area contributed by atoms with E-state index in [9.17, 15) is 43.3 Å². The Morgan fingerprint density at radius 1 is 0.810 bits per heavy atom. The van der Waals surface area contributed by atoms with Crippen molar-refractivity contribution in [3.8, 4) is 0 Å². The van der Waals surface area contributed by atoms with Gasteiger partial charge in [-0.25, -0.2) is 18.4 Å². The molecule has 8 atom stereocenters. The second-order valence-electron chi connectivity index (χ2n) is 9.40. The van der Waals surface area contributed by atoms with Crippen LogP contribution in [0.3, 0.4) is 0 Å². The van der Waals surface area contributed by atoms with Crippen LogP contribution in [0.1, 0.15) is 41.2 Å². The molecule has 42 heavy (non-hydrogen) atoms. The summed E-state index contributed by atoms with van der Waals surface area (Å²) in [5.41, 5.74) is -2.94. The summed E-state index contributed by atoms with van der Waals surface area (Å²) in [7, 11) is 0. The molecule has 3 fully saturated rings. The molecule has 16 nitrogen and oxygen atoms in total. The molecule has 2 aromatic rings. The molecule has 5 heterocycles. The number of alkyl halides is 2. The molecule has 6 N–H and O–H groups in total. The van der Waals surface area contributed by atoms with Crippen molar-refractivity contribution in [2.24, 2.45) is 0 Å². The maximum absolute atomic E-state index is 14.6. The molecule has 0 amide bonds. The molecule has 240 valence electrons. The molecule has 2 aromatic heterocycles. The van der Waals surface area contributed by atoms with Crippen LogP contribution < -0.4 is 22.5 Å². The maximum Gasteiger partial charge on any atom is 0.330 e. The lowest BCUT2D eigenvalue weighted by atomic mass is 10.1. The number of aromatic nitrogens is 4. The number of aliphatic hydroxyl groups excluding tert-OH is 4. The maximum atomic E-state index is 14.6. The number of thiol groups is 1. The Hall–Kier alpha value is -2.75. The molecular weight excluding hydrogens is 594 g/mol. The van der Waals surface area contributed by atoms with Gasteiger partial charge in [-0.15, -0.1) is 0 Å². The molecule has 0 aromatic carbocycles. The molecule has 2 unspecified atom stereocenters. The third-order valence-corrected chi connectivity index (χ3v) is 6.21. The number of H-pyrrole nitrogens is 2. The van der Waals surface area contributed by atoms with Crippen LogP contribution in [0.15, 0.2) is 43.7 Å². The molecule has 3 aliphatic heterocycles. The smallest absolute Gasteiger partial charge is 0.330 e. The monoisotopic (exact) mass is 629 g/mol. The minimum Gasteiger partial charge on any atom is -0.813 e. The Morgan fingerprint density at radius 3 is 1.69 bits per heavy atom. The lowest BCUT2D eigenvalue weighted by Crippen LogP contribution is -2.42. The van der Waals surface area contributed by atoms with Gasteiger partial charge in [-0.05, 0) is 13.8 Å². The van der Waals surface area contributed by atoms with Crippen molar-refractivity contribution < 1.29 is 48.2 Å². The van der Waals surface area contributed by atoms with Gasteiger partial charge in [-0.1, -0.05) is 14.9 Å². The molecular formula is C23H35F2N4O12S-. The van der Waals surface area contributed by atoms with Gasteiger partial charge in [-0.2, -0.15) is 0 Å². The van der Waals surface area contributed by atoms with E-state index in [1.807, 2.05) is 4.98 Å². The highest BCUT2D eigenvalue weighted by Gasteiger charge is 2.64. The second-order valence-corrected chi connectivity index (χ2v) is 9.40. The van der Waals surface area contributed by atoms with Gasteiger partial charge in [0.1, 0.15) is 31.5 Å². The van der Waals surface area contributed by atoms with Crippen LogP contribution in [-0.2, 0) is 32.4 Å². The van der Waals surface area contributed by atoms with Crippen molar-refractivity contribution in [2.75, 3.05) is 13.2 Å². The van der Waals surface area contributed by atoms with E-state index < -0.39 is 90.1 Å². The minimum absolute atomic E-state index is 0. The first-order valence-corrected chi connectivity index (χ1v) is 11.4. The van der Waals surface area contributed by atoms with Crippen molar-refractivity contribution in [1.29, 1.82) is 0 Å². The standard InChI is InChI=1S/C12H15FN2O6.C9H11FN2O6.2CH4.H2S/c1-11(2)19-7-8(20-11)12(13,5-16)21-9(7)15-4-3-6(17)14-10(15)18;10-9(3-13)6(16)5(15)7(18-9)12-2-1-4(14)11-8(12)17;;;/h3-4,7-9,16H,5H2,1-2H3,(H,14,17,18);1-2,5-7,13,15-16H,3H2,(H,11,14,17);2*1H4;1H2/p-1/t7-,8?,9+,12+;5-,6?,7+,9+;;;/m00.../s1. The highest BCUT2D eigenvalue weighted by atomic mass is 32.1. The lowest BCUT2D eigenvalue weighted by molar-refractivity contribution is -0.265. The average Bonchev–Trinajstić information content (AvgIpc) is 3.42. The van der Waals surface area contributed by atoms with Crippen LogP contribution >= 0.6 is 0 Å². The highest BCUT2D eigenvalue weighted by molar-refractivity contribution is 7.37. The van der Waals surface area contributed by atoms with E-state index in [0.717, 1.165) is 22.9 Å². The summed E-state index contributed by atoms with van der Waals surface area (Å²) < 4.78 is 50.9. The molecule has 0 saturated carbocycles. The predicted octanol–water partition coefficient (Wildman–Crippen LogP) is -2.31.